The van der Waals surface area contributed by atoms with E-state index in [0.717, 1.165) is 8.96 Å². The molecule has 0 spiro atoms. The van der Waals surface area contributed by atoms with Gasteiger partial charge in [0.1, 0.15) is 0 Å². The third-order valence-corrected chi connectivity index (χ3v) is 3.60. The highest BCUT2D eigenvalue weighted by molar-refractivity contribution is 14.2. The van der Waals surface area contributed by atoms with Crippen LogP contribution in [0.3, 0.4) is 0 Å². The van der Waals surface area contributed by atoms with Gasteiger partial charge in [-0.2, -0.15) is 4.98 Å². The maximum absolute atomic E-state index is 11.2. The average Bonchev–Trinajstić information content (AvgIpc) is 2.26. The number of fused-ring (bicyclic) bond motifs is 1. The van der Waals surface area contributed by atoms with Gasteiger partial charge in [0.2, 0.25) is 11.6 Å². The molecule has 0 amide bonds. The molecule has 2 aromatic heterocycles. The zero-order valence-corrected chi connectivity index (χ0v) is 10.1. The molecule has 0 radical (unpaired) electrons. The van der Waals surface area contributed by atoms with E-state index in [-0.39, 0.29) is 5.63 Å². The third kappa shape index (κ3) is 1.92. The molecule has 0 N–H and O–H groups in total. The van der Waals surface area contributed by atoms with E-state index in [1.54, 1.807) is 6.07 Å². The van der Waals surface area contributed by atoms with Crippen LogP contribution in [0.25, 0.3) is 11.1 Å². The first-order chi connectivity index (χ1) is 7.24. The smallest absolute Gasteiger partial charge is 0.338 e. The molecule has 15 heavy (non-hydrogen) atoms. The predicted molar refractivity (Wildman–Crippen MR) is 66.7 cm³/mol. The second-order valence-corrected chi connectivity index (χ2v) is 4.68. The van der Waals surface area contributed by atoms with Gasteiger partial charge in [0.05, 0.1) is 12.5 Å². The molecular formula is C10H8INO3. The van der Waals surface area contributed by atoms with Crippen molar-refractivity contribution in [3.05, 3.63) is 32.2 Å². The van der Waals surface area contributed by atoms with E-state index in [9.17, 15) is 4.79 Å². The van der Waals surface area contributed by atoms with Gasteiger partial charge in [-0.05, 0) is 6.07 Å². The lowest BCUT2D eigenvalue weighted by Gasteiger charge is -2.01. The monoisotopic (exact) mass is 317 g/mol. The first kappa shape index (κ1) is 10.3. The van der Waals surface area contributed by atoms with Crippen molar-refractivity contribution in [3.63, 3.8) is 0 Å². The van der Waals surface area contributed by atoms with E-state index in [0.29, 0.717) is 11.6 Å². The number of rotatable bonds is 2. The van der Waals surface area contributed by atoms with Crippen LogP contribution in [0.15, 0.2) is 27.4 Å². The number of methoxy groups -OCH3 is 1. The predicted octanol–water partition coefficient (Wildman–Crippen LogP) is 1.77. The van der Waals surface area contributed by atoms with E-state index >= 15 is 0 Å². The highest BCUT2D eigenvalue weighted by Gasteiger charge is 2.05. The molecule has 0 atom stereocenters. The molecule has 0 aromatic carbocycles. The molecule has 0 saturated heterocycles. The average molecular weight is 317 g/mol. The maximum atomic E-state index is 11.2. The molecule has 0 saturated carbocycles. The summed E-state index contributed by atoms with van der Waals surface area (Å²) in [5.74, 6) is 0.435. The highest BCUT2D eigenvalue weighted by Crippen LogP contribution is 2.21. The van der Waals surface area contributed by atoms with Crippen LogP contribution in [-0.4, -0.2) is 16.6 Å². The second kappa shape index (κ2) is 4.09. The number of pyridine rings is 1. The lowest BCUT2D eigenvalue weighted by Crippen LogP contribution is -2.00. The lowest BCUT2D eigenvalue weighted by molar-refractivity contribution is 0.396. The van der Waals surface area contributed by atoms with Crippen LogP contribution in [0, 0.1) is 3.57 Å². The van der Waals surface area contributed by atoms with E-state index < -0.39 is 20.7 Å². The van der Waals surface area contributed by atoms with Crippen LogP contribution in [0.5, 0.6) is 5.88 Å². The second-order valence-electron chi connectivity index (χ2n) is 2.75. The standard InChI is InChI=1S/C10H8INO3/c1-11-7-5-9(13)15-10-6(7)3-4-8(12-10)14-2/h3-5H,1H2,2H3. The summed E-state index contributed by atoms with van der Waals surface area (Å²) in [5, 5.41) is 0.846. The lowest BCUT2D eigenvalue weighted by atomic mass is 10.3. The summed E-state index contributed by atoms with van der Waals surface area (Å²) >= 11 is -0.415. The van der Waals surface area contributed by atoms with E-state index in [1.807, 2.05) is 6.07 Å². The molecule has 2 heterocycles. The highest BCUT2D eigenvalue weighted by atomic mass is 127. The SMILES string of the molecule is C=Ic1cc(=O)oc2nc(OC)ccc12. The van der Waals surface area contributed by atoms with Crippen molar-refractivity contribution in [2.45, 2.75) is 0 Å². The molecular weight excluding hydrogens is 309 g/mol. The van der Waals surface area contributed by atoms with Crippen LogP contribution in [0.1, 0.15) is 0 Å². The molecule has 0 fully saturated rings. The Kier molecular flexibility index (Phi) is 2.81. The number of halogens is 1. The number of nitrogens with zero attached hydrogens (tertiary/aromatic N) is 1. The molecule has 0 bridgehead atoms. The normalized spacial score (nSPS) is 10.5. The fraction of sp³-hybridized carbons (Fsp3) is 0.100. The first-order valence-electron chi connectivity index (χ1n) is 4.12. The maximum Gasteiger partial charge on any atom is 0.338 e. The number of aromatic nitrogens is 1. The molecule has 4 nitrogen and oxygen atoms in total. The summed E-state index contributed by atoms with van der Waals surface area (Å²) in [5.41, 5.74) is -0.0678. The van der Waals surface area contributed by atoms with Crippen molar-refractivity contribution in [3.8, 4) is 5.88 Å². The Morgan fingerprint density at radius 2 is 2.33 bits per heavy atom. The summed E-state index contributed by atoms with van der Waals surface area (Å²) in [6, 6.07) is 5.06. The fourth-order valence-electron chi connectivity index (χ4n) is 1.21. The van der Waals surface area contributed by atoms with Crippen molar-refractivity contribution in [1.82, 2.24) is 4.98 Å². The van der Waals surface area contributed by atoms with E-state index in [2.05, 4.69) is 9.50 Å². The van der Waals surface area contributed by atoms with Crippen molar-refractivity contribution < 1.29 is 9.15 Å². The summed E-state index contributed by atoms with van der Waals surface area (Å²) in [6.07, 6.45) is 0. The molecule has 2 aromatic rings. The van der Waals surface area contributed by atoms with Crippen molar-refractivity contribution in [2.75, 3.05) is 7.11 Å². The topological polar surface area (TPSA) is 52.3 Å². The summed E-state index contributed by atoms with van der Waals surface area (Å²) in [4.78, 5) is 15.3. The largest absolute Gasteiger partial charge is 0.481 e. The van der Waals surface area contributed by atoms with Crippen LogP contribution < -0.4 is 10.4 Å². The minimum Gasteiger partial charge on any atom is -0.481 e. The zero-order valence-electron chi connectivity index (χ0n) is 7.99. The van der Waals surface area contributed by atoms with Crippen molar-refractivity contribution in [1.29, 1.82) is 0 Å². The molecule has 0 aliphatic rings. The Morgan fingerprint density at radius 1 is 1.53 bits per heavy atom. The van der Waals surface area contributed by atoms with Crippen LogP contribution >= 0.6 is 20.7 Å². The minimum atomic E-state index is -0.415. The van der Waals surface area contributed by atoms with Gasteiger partial charge in [-0.3, -0.25) is 0 Å². The van der Waals surface area contributed by atoms with Crippen molar-refractivity contribution >= 4 is 36.3 Å². The molecule has 5 heteroatoms. The molecule has 0 unspecified atom stereocenters. The summed E-state index contributed by atoms with van der Waals surface area (Å²) in [6.45, 7) is 0. The summed E-state index contributed by atoms with van der Waals surface area (Å²) in [7, 11) is 1.52. The van der Waals surface area contributed by atoms with E-state index in [4.69, 9.17) is 9.15 Å². The van der Waals surface area contributed by atoms with Crippen LogP contribution in [0.4, 0.5) is 0 Å². The van der Waals surface area contributed by atoms with Gasteiger partial charge in [0.15, 0.2) is 0 Å². The van der Waals surface area contributed by atoms with Gasteiger partial charge in [-0.15, -0.1) is 0 Å². The minimum absolute atomic E-state index is 0.320. The Hall–Kier alpha value is -1.24. The van der Waals surface area contributed by atoms with Gasteiger partial charge in [-0.25, -0.2) is 4.79 Å². The van der Waals surface area contributed by atoms with Crippen LogP contribution in [0.2, 0.25) is 0 Å². The number of hydrogen-bond donors (Lipinski definition) is 0. The molecule has 0 aliphatic carbocycles. The Morgan fingerprint density at radius 3 is 3.00 bits per heavy atom. The van der Waals surface area contributed by atoms with E-state index in [1.165, 1.54) is 13.2 Å². The summed E-state index contributed by atoms with van der Waals surface area (Å²) < 4.78 is 14.7. The fourth-order valence-corrected chi connectivity index (χ4v) is 2.51. The number of hydrogen-bond acceptors (Lipinski definition) is 4. The van der Waals surface area contributed by atoms with Gasteiger partial charge in [0.25, 0.3) is 0 Å². The van der Waals surface area contributed by atoms with Gasteiger partial charge in [-0.1, -0.05) is 25.2 Å². The number of ether oxygens (including phenoxy) is 1. The van der Waals surface area contributed by atoms with Gasteiger partial charge >= 0.3 is 5.63 Å². The van der Waals surface area contributed by atoms with Gasteiger partial charge < -0.3 is 9.15 Å². The Bertz CT molecular complexity index is 576. The van der Waals surface area contributed by atoms with Crippen LogP contribution in [-0.2, 0) is 0 Å². The third-order valence-electron chi connectivity index (χ3n) is 1.89. The molecule has 2 rings (SSSR count). The quantitative estimate of drug-likeness (QED) is 0.792. The Labute approximate surface area is 95.6 Å². The molecule has 0 aliphatic heterocycles. The van der Waals surface area contributed by atoms with Crippen molar-refractivity contribution in [2.24, 2.45) is 0 Å². The molecule has 78 valence electrons. The van der Waals surface area contributed by atoms with Gasteiger partial charge in [0, 0.05) is 15.7 Å². The zero-order chi connectivity index (χ0) is 10.8. The first-order valence-corrected chi connectivity index (χ1v) is 6.72. The Balaban J connectivity index is 2.83.